The van der Waals surface area contributed by atoms with E-state index in [1.807, 2.05) is 12.1 Å². The fourth-order valence-electron chi connectivity index (χ4n) is 2.37. The van der Waals surface area contributed by atoms with Crippen molar-refractivity contribution in [2.24, 2.45) is 5.73 Å². The van der Waals surface area contributed by atoms with Crippen LogP contribution in [-0.4, -0.2) is 0 Å². The van der Waals surface area contributed by atoms with Crippen LogP contribution in [0.25, 0.3) is 0 Å². The van der Waals surface area contributed by atoms with Gasteiger partial charge in [0.05, 0.1) is 0 Å². The molecule has 2 aromatic carbocycles. The zero-order chi connectivity index (χ0) is 15.4. The first-order valence-corrected chi connectivity index (χ1v) is 7.69. The monoisotopic (exact) mass is 305 g/mol. The number of rotatable bonds is 5. The number of hydrogen-bond donors (Lipinski definition) is 1. The second kappa shape index (κ2) is 7.06. The minimum Gasteiger partial charge on any atom is -0.324 e. The highest BCUT2D eigenvalue weighted by Crippen LogP contribution is 2.26. The first-order chi connectivity index (χ1) is 10.0. The second-order valence-electron chi connectivity index (χ2n) is 5.49. The molecule has 0 bridgehead atoms. The van der Waals surface area contributed by atoms with E-state index < -0.39 is 0 Å². The van der Waals surface area contributed by atoms with E-state index in [0.717, 1.165) is 12.0 Å². The van der Waals surface area contributed by atoms with Gasteiger partial charge < -0.3 is 5.73 Å². The molecule has 2 rings (SSSR count). The lowest BCUT2D eigenvalue weighted by Gasteiger charge is -2.15. The first-order valence-electron chi connectivity index (χ1n) is 7.31. The summed E-state index contributed by atoms with van der Waals surface area (Å²) in [7, 11) is 0. The van der Waals surface area contributed by atoms with Crippen molar-refractivity contribution in [3.05, 3.63) is 70.0 Å². The van der Waals surface area contributed by atoms with Gasteiger partial charge in [0.15, 0.2) is 0 Å². The maximum atomic E-state index is 13.8. The standard InChI is InChI=1S/C18H21ClFN/c1-3-12(2)13-7-9-14(10-8-13)18(21)11-15-16(19)5-4-6-17(15)20/h4-10,12,18H,3,11,21H2,1-2H3. The van der Waals surface area contributed by atoms with E-state index in [1.165, 1.54) is 11.6 Å². The molecule has 0 aromatic heterocycles. The van der Waals surface area contributed by atoms with Crippen molar-refractivity contribution >= 4 is 11.6 Å². The highest BCUT2D eigenvalue weighted by molar-refractivity contribution is 6.31. The number of hydrogen-bond acceptors (Lipinski definition) is 1. The molecule has 0 heterocycles. The predicted octanol–water partition coefficient (Wildman–Crippen LogP) is 5.24. The molecule has 0 saturated carbocycles. The van der Waals surface area contributed by atoms with Gasteiger partial charge in [-0.1, -0.05) is 55.8 Å². The fourth-order valence-corrected chi connectivity index (χ4v) is 2.61. The van der Waals surface area contributed by atoms with Crippen LogP contribution in [0.15, 0.2) is 42.5 Å². The summed E-state index contributed by atoms with van der Waals surface area (Å²) in [6.45, 7) is 4.37. The molecule has 0 spiro atoms. The van der Waals surface area contributed by atoms with Gasteiger partial charge in [-0.3, -0.25) is 0 Å². The van der Waals surface area contributed by atoms with Crippen LogP contribution in [0.1, 0.15) is 48.9 Å². The molecule has 21 heavy (non-hydrogen) atoms. The molecule has 3 heteroatoms. The van der Waals surface area contributed by atoms with Crippen LogP contribution in [0.5, 0.6) is 0 Å². The minimum atomic E-state index is -0.297. The van der Waals surface area contributed by atoms with Crippen LogP contribution in [0.3, 0.4) is 0 Å². The van der Waals surface area contributed by atoms with E-state index in [4.69, 9.17) is 17.3 Å². The zero-order valence-corrected chi connectivity index (χ0v) is 13.2. The van der Waals surface area contributed by atoms with E-state index >= 15 is 0 Å². The van der Waals surface area contributed by atoms with Crippen LogP contribution in [-0.2, 0) is 6.42 Å². The van der Waals surface area contributed by atoms with Gasteiger partial charge in [0, 0.05) is 16.6 Å². The molecule has 0 saturated heterocycles. The molecular weight excluding hydrogens is 285 g/mol. The highest BCUT2D eigenvalue weighted by atomic mass is 35.5. The van der Waals surface area contributed by atoms with E-state index in [2.05, 4.69) is 26.0 Å². The van der Waals surface area contributed by atoms with Gasteiger partial charge in [-0.2, -0.15) is 0 Å². The van der Waals surface area contributed by atoms with E-state index in [0.29, 0.717) is 22.9 Å². The van der Waals surface area contributed by atoms with Gasteiger partial charge in [0.2, 0.25) is 0 Å². The summed E-state index contributed by atoms with van der Waals surface area (Å²) in [5, 5.41) is 0.432. The van der Waals surface area contributed by atoms with Gasteiger partial charge in [-0.05, 0) is 42.0 Å². The normalized spacial score (nSPS) is 14.0. The first kappa shape index (κ1) is 16.0. The molecule has 0 radical (unpaired) electrons. The van der Waals surface area contributed by atoms with Crippen molar-refractivity contribution in [2.75, 3.05) is 0 Å². The number of nitrogens with two attached hydrogens (primary N) is 1. The van der Waals surface area contributed by atoms with Crippen LogP contribution in [0, 0.1) is 5.82 Å². The van der Waals surface area contributed by atoms with Gasteiger partial charge in [0.1, 0.15) is 5.82 Å². The van der Waals surface area contributed by atoms with Crippen molar-refractivity contribution in [1.29, 1.82) is 0 Å². The summed E-state index contributed by atoms with van der Waals surface area (Å²) in [6.07, 6.45) is 1.50. The summed E-state index contributed by atoms with van der Waals surface area (Å²) in [4.78, 5) is 0. The Morgan fingerprint density at radius 1 is 1.10 bits per heavy atom. The molecule has 0 fully saturated rings. The van der Waals surface area contributed by atoms with Crippen LogP contribution >= 0.6 is 11.6 Å². The molecule has 2 atom stereocenters. The van der Waals surface area contributed by atoms with Crippen molar-refractivity contribution in [3.63, 3.8) is 0 Å². The number of halogens is 2. The molecule has 0 amide bonds. The zero-order valence-electron chi connectivity index (χ0n) is 12.4. The molecule has 1 nitrogen and oxygen atoms in total. The van der Waals surface area contributed by atoms with Crippen LogP contribution in [0.4, 0.5) is 4.39 Å². The molecule has 2 N–H and O–H groups in total. The highest BCUT2D eigenvalue weighted by Gasteiger charge is 2.13. The molecule has 2 unspecified atom stereocenters. The summed E-state index contributed by atoms with van der Waals surface area (Å²) in [5.41, 5.74) is 8.99. The lowest BCUT2D eigenvalue weighted by molar-refractivity contribution is 0.593. The fraction of sp³-hybridized carbons (Fsp3) is 0.333. The lowest BCUT2D eigenvalue weighted by Crippen LogP contribution is -2.14. The Morgan fingerprint density at radius 2 is 1.71 bits per heavy atom. The van der Waals surface area contributed by atoms with E-state index in [9.17, 15) is 4.39 Å². The summed E-state index contributed by atoms with van der Waals surface area (Å²) in [5.74, 6) is 0.241. The summed E-state index contributed by atoms with van der Waals surface area (Å²) in [6, 6.07) is 12.7. The van der Waals surface area contributed by atoms with Gasteiger partial charge in [-0.15, -0.1) is 0 Å². The Hall–Kier alpha value is -1.38. The minimum absolute atomic E-state index is 0.259. The third-order valence-electron chi connectivity index (χ3n) is 4.03. The molecular formula is C18H21ClFN. The average Bonchev–Trinajstić information content (AvgIpc) is 2.50. The maximum Gasteiger partial charge on any atom is 0.127 e. The van der Waals surface area contributed by atoms with Gasteiger partial charge >= 0.3 is 0 Å². The smallest absolute Gasteiger partial charge is 0.127 e. The largest absolute Gasteiger partial charge is 0.324 e. The summed E-state index contributed by atoms with van der Waals surface area (Å²) < 4.78 is 13.8. The lowest BCUT2D eigenvalue weighted by atomic mass is 9.94. The molecule has 112 valence electrons. The van der Waals surface area contributed by atoms with E-state index in [-0.39, 0.29) is 11.9 Å². The molecule has 0 aliphatic heterocycles. The quantitative estimate of drug-likeness (QED) is 0.803. The average molecular weight is 306 g/mol. The third-order valence-corrected chi connectivity index (χ3v) is 4.39. The van der Waals surface area contributed by atoms with Gasteiger partial charge in [0.25, 0.3) is 0 Å². The predicted molar refractivity (Wildman–Crippen MR) is 87.2 cm³/mol. The van der Waals surface area contributed by atoms with Crippen molar-refractivity contribution in [2.45, 2.75) is 38.6 Å². The maximum absolute atomic E-state index is 13.8. The SMILES string of the molecule is CCC(C)c1ccc(C(N)Cc2c(F)cccc2Cl)cc1. The summed E-state index contributed by atoms with van der Waals surface area (Å²) >= 11 is 6.05. The van der Waals surface area contributed by atoms with Crippen molar-refractivity contribution in [1.82, 2.24) is 0 Å². The Labute approximate surface area is 130 Å². The topological polar surface area (TPSA) is 26.0 Å². The Kier molecular flexibility index (Phi) is 5.38. The van der Waals surface area contributed by atoms with Crippen molar-refractivity contribution < 1.29 is 4.39 Å². The molecule has 0 aliphatic carbocycles. The third kappa shape index (κ3) is 3.84. The Morgan fingerprint density at radius 3 is 2.29 bits per heavy atom. The molecule has 0 aliphatic rings. The number of benzene rings is 2. The Bertz CT molecular complexity index is 574. The van der Waals surface area contributed by atoms with E-state index in [1.54, 1.807) is 12.1 Å². The Balaban J connectivity index is 2.15. The van der Waals surface area contributed by atoms with Crippen LogP contribution in [0.2, 0.25) is 5.02 Å². The second-order valence-corrected chi connectivity index (χ2v) is 5.89. The van der Waals surface area contributed by atoms with Gasteiger partial charge in [-0.25, -0.2) is 4.39 Å². The van der Waals surface area contributed by atoms with Crippen LogP contribution < -0.4 is 5.73 Å². The molecule has 2 aromatic rings. The van der Waals surface area contributed by atoms with Crippen molar-refractivity contribution in [3.8, 4) is 0 Å².